The van der Waals surface area contributed by atoms with Crippen LogP contribution in [0.5, 0.6) is 5.75 Å². The molecule has 0 aliphatic rings. The summed E-state index contributed by atoms with van der Waals surface area (Å²) in [4.78, 5) is 34.5. The fourth-order valence-corrected chi connectivity index (χ4v) is 1.92. The Morgan fingerprint density at radius 2 is 1.96 bits per heavy atom. The van der Waals surface area contributed by atoms with Crippen molar-refractivity contribution in [1.29, 1.82) is 0 Å². The van der Waals surface area contributed by atoms with Crippen molar-refractivity contribution in [2.75, 3.05) is 7.05 Å². The molecule has 1 aromatic rings. The van der Waals surface area contributed by atoms with Gasteiger partial charge in [-0.25, -0.2) is 9.59 Å². The summed E-state index contributed by atoms with van der Waals surface area (Å²) in [6.45, 7) is 4.95. The number of aromatic hydroxyl groups is 1. The maximum Gasteiger partial charge on any atom is 0.410 e. The van der Waals surface area contributed by atoms with Crippen molar-refractivity contribution in [1.82, 2.24) is 4.90 Å². The summed E-state index contributed by atoms with van der Waals surface area (Å²) >= 11 is 0. The molecule has 132 valence electrons. The first-order chi connectivity index (χ1) is 10.9. The van der Waals surface area contributed by atoms with Crippen LogP contribution < -0.4 is 0 Å². The van der Waals surface area contributed by atoms with E-state index in [1.54, 1.807) is 20.8 Å². The minimum absolute atomic E-state index is 0.174. The molecule has 24 heavy (non-hydrogen) atoms. The lowest BCUT2D eigenvalue weighted by molar-refractivity contribution is -0.385. The van der Waals surface area contributed by atoms with Gasteiger partial charge in [-0.15, -0.1) is 0 Å². The van der Waals surface area contributed by atoms with Crippen LogP contribution in [-0.2, 0) is 16.0 Å². The third-order valence-electron chi connectivity index (χ3n) is 3.10. The fraction of sp³-hybridized carbons (Fsp3) is 0.467. The number of aliphatic carboxylic acids is 1. The SMILES string of the molecule is CN(C(=O)OC(C)(C)C)[C@@H](Cc1ccc(O)c([N+](=O)[O-])c1)C(=O)O. The molecule has 0 aliphatic carbocycles. The second kappa shape index (κ2) is 7.16. The molecule has 0 unspecified atom stereocenters. The Morgan fingerprint density at radius 3 is 2.42 bits per heavy atom. The highest BCUT2D eigenvalue weighted by Crippen LogP contribution is 2.27. The third-order valence-corrected chi connectivity index (χ3v) is 3.10. The lowest BCUT2D eigenvalue weighted by Gasteiger charge is -2.28. The first kappa shape index (κ1) is 19.2. The molecular formula is C15H20N2O7. The Morgan fingerprint density at radius 1 is 1.38 bits per heavy atom. The summed E-state index contributed by atoms with van der Waals surface area (Å²) in [5.41, 5.74) is -1.02. The van der Waals surface area contributed by atoms with E-state index in [0.29, 0.717) is 5.56 Å². The number of hydrogen-bond donors (Lipinski definition) is 2. The summed E-state index contributed by atoms with van der Waals surface area (Å²) in [5.74, 6) is -1.80. The van der Waals surface area contributed by atoms with E-state index in [4.69, 9.17) is 4.74 Å². The number of nitrogens with zero attached hydrogens (tertiary/aromatic N) is 2. The van der Waals surface area contributed by atoms with Crippen molar-refractivity contribution in [2.45, 2.75) is 38.8 Å². The van der Waals surface area contributed by atoms with E-state index in [2.05, 4.69) is 0 Å². The van der Waals surface area contributed by atoms with Gasteiger partial charge < -0.3 is 14.9 Å². The van der Waals surface area contributed by atoms with Gasteiger partial charge in [-0.1, -0.05) is 6.07 Å². The van der Waals surface area contributed by atoms with Gasteiger partial charge in [-0.3, -0.25) is 15.0 Å². The zero-order chi connectivity index (χ0) is 18.7. The standard InChI is InChI=1S/C15H20N2O7/c1-15(2,3)24-14(21)16(4)11(13(19)20)8-9-5-6-12(18)10(7-9)17(22)23/h5-7,11,18H,8H2,1-4H3,(H,19,20)/t11-/m0/s1. The molecule has 2 N–H and O–H groups in total. The Hall–Kier alpha value is -2.84. The second-order valence-corrected chi connectivity index (χ2v) is 6.23. The highest BCUT2D eigenvalue weighted by atomic mass is 16.6. The van der Waals surface area contributed by atoms with Gasteiger partial charge in [0.25, 0.3) is 0 Å². The molecule has 0 bridgehead atoms. The molecule has 0 aromatic heterocycles. The van der Waals surface area contributed by atoms with Crippen LogP contribution in [0.4, 0.5) is 10.5 Å². The van der Waals surface area contributed by atoms with Crippen molar-refractivity contribution in [3.05, 3.63) is 33.9 Å². The minimum atomic E-state index is -1.28. The lowest BCUT2D eigenvalue weighted by Crippen LogP contribution is -2.46. The molecule has 1 aromatic carbocycles. The van der Waals surface area contributed by atoms with E-state index in [9.17, 15) is 29.9 Å². The van der Waals surface area contributed by atoms with Crippen LogP contribution in [0.2, 0.25) is 0 Å². The number of phenols is 1. The Balaban J connectivity index is 3.02. The molecule has 0 aliphatic heterocycles. The van der Waals surface area contributed by atoms with Crippen LogP contribution in [0, 0.1) is 10.1 Å². The van der Waals surface area contributed by atoms with Crippen molar-refractivity contribution in [3.8, 4) is 5.75 Å². The quantitative estimate of drug-likeness (QED) is 0.620. The fourth-order valence-electron chi connectivity index (χ4n) is 1.92. The van der Waals surface area contributed by atoms with Gasteiger partial charge in [0.05, 0.1) is 4.92 Å². The number of benzene rings is 1. The summed E-state index contributed by atoms with van der Waals surface area (Å²) in [7, 11) is 1.28. The molecule has 0 heterocycles. The lowest BCUT2D eigenvalue weighted by atomic mass is 10.0. The van der Waals surface area contributed by atoms with Gasteiger partial charge >= 0.3 is 17.7 Å². The molecule has 1 amide bonds. The summed E-state index contributed by atoms with van der Waals surface area (Å²) < 4.78 is 5.12. The smallest absolute Gasteiger partial charge is 0.410 e. The number of carboxylic acids is 1. The Kier molecular flexibility index (Phi) is 5.73. The Labute approximate surface area is 138 Å². The number of carbonyl (C=O) groups is 2. The number of rotatable bonds is 5. The van der Waals surface area contributed by atoms with Gasteiger partial charge in [0, 0.05) is 19.5 Å². The predicted molar refractivity (Wildman–Crippen MR) is 83.9 cm³/mol. The van der Waals surface area contributed by atoms with E-state index in [1.165, 1.54) is 13.1 Å². The molecule has 0 fully saturated rings. The van der Waals surface area contributed by atoms with Gasteiger partial charge in [-0.2, -0.15) is 0 Å². The van der Waals surface area contributed by atoms with Crippen LogP contribution in [0.3, 0.4) is 0 Å². The first-order valence-electron chi connectivity index (χ1n) is 7.07. The van der Waals surface area contributed by atoms with Crippen molar-refractivity contribution in [3.63, 3.8) is 0 Å². The zero-order valence-corrected chi connectivity index (χ0v) is 13.8. The third kappa shape index (κ3) is 5.11. The predicted octanol–water partition coefficient (Wildman–Crippen LogP) is 2.16. The maximum absolute atomic E-state index is 12.0. The number of phenolic OH excluding ortho intramolecular Hbond substituents is 1. The molecule has 9 heteroatoms. The largest absolute Gasteiger partial charge is 0.502 e. The summed E-state index contributed by atoms with van der Waals surface area (Å²) in [6.07, 6.45) is -0.991. The molecule has 9 nitrogen and oxygen atoms in total. The van der Waals surface area contributed by atoms with E-state index in [-0.39, 0.29) is 6.42 Å². The number of amides is 1. The van der Waals surface area contributed by atoms with Crippen molar-refractivity contribution in [2.24, 2.45) is 0 Å². The summed E-state index contributed by atoms with van der Waals surface area (Å²) in [5, 5.41) is 29.6. The van der Waals surface area contributed by atoms with Crippen LogP contribution >= 0.6 is 0 Å². The average Bonchev–Trinajstić information content (AvgIpc) is 2.43. The number of nitro groups is 1. The number of carbonyl (C=O) groups excluding carboxylic acids is 1. The van der Waals surface area contributed by atoms with Crippen LogP contribution in [-0.4, -0.2) is 50.8 Å². The molecule has 0 saturated carbocycles. The van der Waals surface area contributed by atoms with E-state index in [1.807, 2.05) is 0 Å². The van der Waals surface area contributed by atoms with Gasteiger partial charge in [0.2, 0.25) is 0 Å². The zero-order valence-electron chi connectivity index (χ0n) is 13.8. The topological polar surface area (TPSA) is 130 Å². The molecule has 1 atom stereocenters. The Bertz CT molecular complexity index is 652. The van der Waals surface area contributed by atoms with Crippen LogP contribution in [0.15, 0.2) is 18.2 Å². The molecule has 0 saturated heterocycles. The van der Waals surface area contributed by atoms with Crippen molar-refractivity contribution < 1.29 is 29.5 Å². The second-order valence-electron chi connectivity index (χ2n) is 6.23. The van der Waals surface area contributed by atoms with Crippen LogP contribution in [0.1, 0.15) is 26.3 Å². The van der Waals surface area contributed by atoms with Gasteiger partial charge in [0.15, 0.2) is 5.75 Å². The number of ether oxygens (including phenoxy) is 1. The van der Waals surface area contributed by atoms with E-state index in [0.717, 1.165) is 17.0 Å². The van der Waals surface area contributed by atoms with Gasteiger partial charge in [-0.05, 0) is 32.4 Å². The highest BCUT2D eigenvalue weighted by molar-refractivity contribution is 5.80. The average molecular weight is 340 g/mol. The number of nitro benzene ring substituents is 1. The normalized spacial score (nSPS) is 12.3. The monoisotopic (exact) mass is 340 g/mol. The molecule has 0 spiro atoms. The number of likely N-dealkylation sites (N-methyl/N-ethyl adjacent to an activating group) is 1. The molecule has 1 rings (SSSR count). The minimum Gasteiger partial charge on any atom is -0.502 e. The first-order valence-corrected chi connectivity index (χ1v) is 7.07. The highest BCUT2D eigenvalue weighted by Gasteiger charge is 2.30. The van der Waals surface area contributed by atoms with Crippen molar-refractivity contribution >= 4 is 17.7 Å². The number of hydrogen-bond acceptors (Lipinski definition) is 6. The van der Waals surface area contributed by atoms with E-state index >= 15 is 0 Å². The van der Waals surface area contributed by atoms with E-state index < -0.39 is 40.1 Å². The summed E-state index contributed by atoms with van der Waals surface area (Å²) in [6, 6.07) is 2.28. The van der Waals surface area contributed by atoms with Gasteiger partial charge in [0.1, 0.15) is 11.6 Å². The number of carboxylic acid groups (broad SMARTS) is 1. The molecular weight excluding hydrogens is 320 g/mol. The molecule has 0 radical (unpaired) electrons. The maximum atomic E-state index is 12.0. The van der Waals surface area contributed by atoms with Crippen LogP contribution in [0.25, 0.3) is 0 Å².